The maximum absolute atomic E-state index is 13.2. The van der Waals surface area contributed by atoms with Gasteiger partial charge in [0.25, 0.3) is 5.91 Å². The number of hydrogen-bond donors (Lipinski definition) is 2. The molecule has 2 aromatic rings. The van der Waals surface area contributed by atoms with Gasteiger partial charge >= 0.3 is 18.9 Å². The van der Waals surface area contributed by atoms with E-state index in [1.165, 1.54) is 38.5 Å². The maximum Gasteiger partial charge on any atom is 1.00 e. The second-order valence-corrected chi connectivity index (χ2v) is 10.8. The Morgan fingerprint density at radius 2 is 1.81 bits per heavy atom. The number of thioether (sulfide) groups is 1. The first-order chi connectivity index (χ1) is 16.9. The molecule has 2 atom stereocenters. The van der Waals surface area contributed by atoms with Gasteiger partial charge in [0.05, 0.1) is 12.0 Å². The maximum atomic E-state index is 13.2. The molecule has 190 valence electrons. The molecule has 36 heavy (non-hydrogen) atoms. The van der Waals surface area contributed by atoms with Crippen molar-refractivity contribution in [1.29, 1.82) is 0 Å². The Balaban J connectivity index is 0.00000456. The second-order valence-electron chi connectivity index (χ2n) is 9.84. The number of carbonyl (C=O) groups is 2. The zero-order valence-corrected chi connectivity index (χ0v) is 23.1. The number of aliphatic carboxylic acids is 1. The van der Waals surface area contributed by atoms with Gasteiger partial charge in [-0.3, -0.25) is 4.79 Å². The number of carboxylic acid groups (broad SMARTS) is 1. The number of nitrogens with one attached hydrogen (secondary N) is 2. The van der Waals surface area contributed by atoms with Crippen LogP contribution in [0.15, 0.2) is 42.5 Å². The van der Waals surface area contributed by atoms with Crippen LogP contribution < -0.4 is 34.6 Å². The minimum Gasteiger partial charge on any atom is -0.548 e. The van der Waals surface area contributed by atoms with Crippen LogP contribution in [0.5, 0.6) is 0 Å². The summed E-state index contributed by atoms with van der Waals surface area (Å²) in [6.45, 7) is 5.01. The van der Waals surface area contributed by atoms with Crippen molar-refractivity contribution < 1.29 is 33.6 Å². The Hall–Kier alpha value is -1.71. The van der Waals surface area contributed by atoms with E-state index < -0.39 is 12.0 Å². The molecule has 1 aliphatic rings. The average molecular weight is 503 g/mol. The van der Waals surface area contributed by atoms with Crippen molar-refractivity contribution in [2.75, 3.05) is 12.0 Å². The van der Waals surface area contributed by atoms with Crippen LogP contribution in [0.4, 0.5) is 0 Å². The van der Waals surface area contributed by atoms with E-state index in [2.05, 4.69) is 23.6 Å². The Morgan fingerprint density at radius 1 is 1.08 bits per heavy atom. The Morgan fingerprint density at radius 3 is 2.47 bits per heavy atom. The molecule has 1 fully saturated rings. The molecule has 0 saturated heterocycles. The van der Waals surface area contributed by atoms with Gasteiger partial charge in [0, 0.05) is 18.2 Å². The van der Waals surface area contributed by atoms with Crippen LogP contribution in [-0.4, -0.2) is 36.0 Å². The molecule has 0 spiro atoms. The van der Waals surface area contributed by atoms with Crippen LogP contribution in [0.25, 0.3) is 11.1 Å². The number of amides is 1. The topological polar surface area (TPSA) is 81.3 Å². The molecule has 1 aliphatic carbocycles. The molecule has 7 heteroatoms. The predicted octanol–water partition coefficient (Wildman–Crippen LogP) is 1.72. The van der Waals surface area contributed by atoms with Crippen molar-refractivity contribution in [2.45, 2.75) is 77.4 Å². The smallest absolute Gasteiger partial charge is 0.548 e. The molecule has 0 aromatic heterocycles. The van der Waals surface area contributed by atoms with E-state index in [4.69, 9.17) is 0 Å². The van der Waals surface area contributed by atoms with E-state index >= 15 is 0 Å². The molecule has 1 saturated carbocycles. The van der Waals surface area contributed by atoms with Crippen LogP contribution in [0, 0.1) is 12.8 Å². The Labute approximate surface area is 232 Å². The summed E-state index contributed by atoms with van der Waals surface area (Å²) in [4.78, 5) is 24.8. The average Bonchev–Trinajstić information content (AvgIpc) is 2.85. The first kappa shape index (κ1) is 30.5. The molecule has 0 bridgehead atoms. The second kappa shape index (κ2) is 15.5. The fourth-order valence-electron chi connectivity index (χ4n) is 5.02. The van der Waals surface area contributed by atoms with Crippen LogP contribution in [0.1, 0.15) is 73.4 Å². The molecule has 0 heterocycles. The Kier molecular flexibility index (Phi) is 13.2. The van der Waals surface area contributed by atoms with Gasteiger partial charge in [0.2, 0.25) is 0 Å². The fraction of sp³-hybridized carbons (Fsp3) is 0.517. The van der Waals surface area contributed by atoms with E-state index in [0.29, 0.717) is 23.8 Å². The fourth-order valence-corrected chi connectivity index (χ4v) is 5.49. The quantitative estimate of drug-likeness (QED) is 0.432. The standard InChI is InChI=1S/C29H40N2O3S.Li/c1-20-9-7-8-12-24(20)26-18-23(19-30-21(2)17-22-10-5-4-6-11-22)13-14-25(26)28(32)31-27(29(33)34)15-16-35-3;/h7-9,12-14,18,21-22,27,30H,4-6,10-11,15-17,19H2,1-3H3,(H,31,32)(H,33,34);/q;+1/p-1/t21?,27-;/m0./s1. The van der Waals surface area contributed by atoms with Crippen LogP contribution >= 0.6 is 11.8 Å². The molecule has 0 radical (unpaired) electrons. The summed E-state index contributed by atoms with van der Waals surface area (Å²) in [5, 5.41) is 17.9. The van der Waals surface area contributed by atoms with Gasteiger partial charge in [-0.15, -0.1) is 0 Å². The first-order valence-electron chi connectivity index (χ1n) is 12.8. The minimum atomic E-state index is -1.25. The predicted molar refractivity (Wildman–Crippen MR) is 143 cm³/mol. The van der Waals surface area contributed by atoms with E-state index in [9.17, 15) is 14.7 Å². The third-order valence-electron chi connectivity index (χ3n) is 7.03. The summed E-state index contributed by atoms with van der Waals surface area (Å²) < 4.78 is 0. The monoisotopic (exact) mass is 502 g/mol. The van der Waals surface area contributed by atoms with Crippen molar-refractivity contribution in [3.05, 3.63) is 59.2 Å². The third kappa shape index (κ3) is 8.99. The van der Waals surface area contributed by atoms with Crippen LogP contribution in [-0.2, 0) is 11.3 Å². The van der Waals surface area contributed by atoms with E-state index in [1.54, 1.807) is 11.8 Å². The molecular formula is C29H39LiN2O3S. The molecule has 2 aromatic carbocycles. The summed E-state index contributed by atoms with van der Waals surface area (Å²) >= 11 is 1.54. The number of benzene rings is 2. The van der Waals surface area contributed by atoms with E-state index in [0.717, 1.165) is 34.7 Å². The summed E-state index contributed by atoms with van der Waals surface area (Å²) in [5.74, 6) is -0.184. The van der Waals surface area contributed by atoms with Gasteiger partial charge in [-0.1, -0.05) is 62.4 Å². The number of hydrogen-bond acceptors (Lipinski definition) is 5. The van der Waals surface area contributed by atoms with Crippen molar-refractivity contribution in [3.8, 4) is 11.1 Å². The van der Waals surface area contributed by atoms with E-state index in [-0.39, 0.29) is 24.8 Å². The van der Waals surface area contributed by atoms with Crippen molar-refractivity contribution >= 4 is 23.6 Å². The van der Waals surface area contributed by atoms with Gasteiger partial charge in [-0.2, -0.15) is 11.8 Å². The normalized spacial score (nSPS) is 15.5. The molecule has 1 unspecified atom stereocenters. The van der Waals surface area contributed by atoms with Gasteiger partial charge < -0.3 is 20.5 Å². The number of aryl methyl sites for hydroxylation is 1. The summed E-state index contributed by atoms with van der Waals surface area (Å²) in [5.41, 5.74) is 4.45. The zero-order chi connectivity index (χ0) is 25.2. The zero-order valence-electron chi connectivity index (χ0n) is 22.3. The molecule has 3 rings (SSSR count). The van der Waals surface area contributed by atoms with Gasteiger partial charge in [0.1, 0.15) is 0 Å². The van der Waals surface area contributed by atoms with Gasteiger partial charge in [-0.05, 0) is 79.0 Å². The van der Waals surface area contributed by atoms with Gasteiger partial charge in [0.15, 0.2) is 0 Å². The van der Waals surface area contributed by atoms with Crippen LogP contribution in [0.3, 0.4) is 0 Å². The third-order valence-corrected chi connectivity index (χ3v) is 7.67. The molecule has 2 N–H and O–H groups in total. The molecular weight excluding hydrogens is 463 g/mol. The van der Waals surface area contributed by atoms with Crippen molar-refractivity contribution in [3.63, 3.8) is 0 Å². The number of rotatable bonds is 12. The van der Waals surface area contributed by atoms with Gasteiger partial charge in [-0.25, -0.2) is 0 Å². The largest absolute Gasteiger partial charge is 1.00 e. The van der Waals surface area contributed by atoms with E-state index in [1.807, 2.05) is 49.6 Å². The van der Waals surface area contributed by atoms with Crippen molar-refractivity contribution in [1.82, 2.24) is 10.6 Å². The van der Waals surface area contributed by atoms with Crippen molar-refractivity contribution in [2.24, 2.45) is 5.92 Å². The Bertz CT molecular complexity index is 994. The molecule has 5 nitrogen and oxygen atoms in total. The first-order valence-corrected chi connectivity index (χ1v) is 14.2. The SMILES string of the molecule is CSCC[C@H](NC(=O)c1ccc(CNC(C)CC2CCCCC2)cc1-c1ccccc1C)C(=O)[O-].[Li+]. The summed E-state index contributed by atoms with van der Waals surface area (Å²) in [7, 11) is 0. The number of carboxylic acids is 1. The number of carbonyl (C=O) groups excluding carboxylic acids is 2. The summed E-state index contributed by atoms with van der Waals surface area (Å²) in [6.07, 6.45) is 10.2. The minimum absolute atomic E-state index is 0. The van der Waals surface area contributed by atoms with Crippen LogP contribution in [0.2, 0.25) is 0 Å². The summed E-state index contributed by atoms with van der Waals surface area (Å²) in [6, 6.07) is 13.2. The molecule has 0 aliphatic heterocycles. The molecule has 1 amide bonds.